The van der Waals surface area contributed by atoms with Crippen LogP contribution in [0.15, 0.2) is 18.2 Å². The van der Waals surface area contributed by atoms with Crippen molar-refractivity contribution in [3.8, 4) is 5.75 Å². The molecule has 0 aliphatic carbocycles. The van der Waals surface area contributed by atoms with E-state index in [1.165, 1.54) is 0 Å². The number of aryl methyl sites for hydroxylation is 1. The second kappa shape index (κ2) is 10.3. The molecule has 6 nitrogen and oxygen atoms in total. The van der Waals surface area contributed by atoms with Gasteiger partial charge in [0.1, 0.15) is 5.75 Å². The molecule has 1 heterocycles. The minimum Gasteiger partial charge on any atom is -0.493 e. The molecule has 0 bridgehead atoms. The number of rotatable bonds is 9. The van der Waals surface area contributed by atoms with Crippen molar-refractivity contribution in [2.24, 2.45) is 0 Å². The Labute approximate surface area is 167 Å². The van der Waals surface area contributed by atoms with Crippen LogP contribution in [0.25, 0.3) is 0 Å². The van der Waals surface area contributed by atoms with E-state index in [-0.39, 0.29) is 17.7 Å². The summed E-state index contributed by atoms with van der Waals surface area (Å²) in [5, 5.41) is 3.68. The summed E-state index contributed by atoms with van der Waals surface area (Å²) in [6.45, 7) is 5.21. The first-order valence-electron chi connectivity index (χ1n) is 9.48. The predicted molar refractivity (Wildman–Crippen MR) is 108 cm³/mol. The quantitative estimate of drug-likeness (QED) is 0.627. The number of hydrogen-bond acceptors (Lipinski definition) is 4. The molecule has 1 aliphatic heterocycles. The number of carbonyl (C=O) groups is 1. The highest BCUT2D eigenvalue weighted by atomic mass is 35.5. The van der Waals surface area contributed by atoms with E-state index < -0.39 is 10.0 Å². The summed E-state index contributed by atoms with van der Waals surface area (Å²) >= 11 is 5.92. The molecule has 0 aromatic heterocycles. The fraction of sp³-hybridized carbons (Fsp3) is 0.632. The Morgan fingerprint density at radius 3 is 2.67 bits per heavy atom. The summed E-state index contributed by atoms with van der Waals surface area (Å²) in [5.74, 6) is 0.957. The van der Waals surface area contributed by atoms with Gasteiger partial charge in [0.05, 0.1) is 12.4 Å². The molecular weight excluding hydrogens is 388 g/mol. The summed E-state index contributed by atoms with van der Waals surface area (Å²) in [5.41, 5.74) is 0.969. The maximum absolute atomic E-state index is 12.1. The molecule has 2 rings (SSSR count). The Hall–Kier alpha value is -1.31. The van der Waals surface area contributed by atoms with Crippen LogP contribution in [-0.4, -0.2) is 50.1 Å². The maximum Gasteiger partial charge on any atom is 0.220 e. The van der Waals surface area contributed by atoms with E-state index in [4.69, 9.17) is 16.3 Å². The number of halogens is 1. The Balaban J connectivity index is 1.65. The third-order valence-corrected chi connectivity index (χ3v) is 6.93. The number of amides is 1. The Bertz CT molecular complexity index is 731. The SMILES string of the molecule is CCCS(=O)(=O)N1CCC(NC(=O)CCCOc2ccc(Cl)cc2C)CC1. The highest BCUT2D eigenvalue weighted by Crippen LogP contribution is 2.22. The third-order valence-electron chi connectivity index (χ3n) is 4.62. The first-order valence-corrected chi connectivity index (χ1v) is 11.5. The average molecular weight is 417 g/mol. The normalized spacial score (nSPS) is 16.3. The van der Waals surface area contributed by atoms with Crippen LogP contribution in [0.4, 0.5) is 0 Å². The summed E-state index contributed by atoms with van der Waals surface area (Å²) in [7, 11) is -3.14. The van der Waals surface area contributed by atoms with E-state index in [2.05, 4.69) is 5.32 Å². The molecule has 1 aromatic carbocycles. The smallest absolute Gasteiger partial charge is 0.220 e. The second-order valence-electron chi connectivity index (χ2n) is 6.92. The summed E-state index contributed by atoms with van der Waals surface area (Å²) in [6.07, 6.45) is 2.96. The largest absolute Gasteiger partial charge is 0.493 e. The zero-order chi connectivity index (χ0) is 19.9. The Kier molecular flexibility index (Phi) is 8.38. The molecular formula is C19H29ClN2O4S. The van der Waals surface area contributed by atoms with Gasteiger partial charge in [0, 0.05) is 30.6 Å². The van der Waals surface area contributed by atoms with E-state index in [0.29, 0.717) is 56.8 Å². The maximum atomic E-state index is 12.1. The van der Waals surface area contributed by atoms with E-state index >= 15 is 0 Å². The molecule has 1 N–H and O–H groups in total. The molecule has 8 heteroatoms. The fourth-order valence-corrected chi connectivity index (χ4v) is 4.92. The minimum atomic E-state index is -3.14. The summed E-state index contributed by atoms with van der Waals surface area (Å²) < 4.78 is 31.4. The van der Waals surface area contributed by atoms with Crippen LogP contribution in [0, 0.1) is 6.92 Å². The standard InChI is InChI=1S/C19H29ClN2O4S/c1-3-13-27(24,25)22-10-8-17(9-11-22)21-19(23)5-4-12-26-18-7-6-16(20)14-15(18)2/h6-7,14,17H,3-5,8-13H2,1-2H3,(H,21,23). The number of nitrogens with one attached hydrogen (secondary N) is 1. The number of hydrogen-bond donors (Lipinski definition) is 1. The molecule has 1 amide bonds. The van der Waals surface area contributed by atoms with Crippen molar-refractivity contribution >= 4 is 27.5 Å². The fourth-order valence-electron chi connectivity index (χ4n) is 3.15. The lowest BCUT2D eigenvalue weighted by atomic mass is 10.1. The summed E-state index contributed by atoms with van der Waals surface area (Å²) in [6, 6.07) is 5.50. The van der Waals surface area contributed by atoms with Gasteiger partial charge >= 0.3 is 0 Å². The molecule has 152 valence electrons. The van der Waals surface area contributed by atoms with Gasteiger partial charge in [-0.05, 0) is 56.4 Å². The molecule has 0 spiro atoms. The highest BCUT2D eigenvalue weighted by Gasteiger charge is 2.27. The molecule has 27 heavy (non-hydrogen) atoms. The lowest BCUT2D eigenvalue weighted by Gasteiger charge is -2.31. The Morgan fingerprint density at radius 2 is 2.04 bits per heavy atom. The van der Waals surface area contributed by atoms with Gasteiger partial charge in [-0.15, -0.1) is 0 Å². The number of benzene rings is 1. The van der Waals surface area contributed by atoms with E-state index in [0.717, 1.165) is 11.3 Å². The van der Waals surface area contributed by atoms with Crippen LogP contribution in [0.1, 0.15) is 44.6 Å². The molecule has 1 aromatic rings. The van der Waals surface area contributed by atoms with Crippen LogP contribution >= 0.6 is 11.6 Å². The number of piperidine rings is 1. The average Bonchev–Trinajstić information content (AvgIpc) is 2.60. The second-order valence-corrected chi connectivity index (χ2v) is 9.44. The number of ether oxygens (including phenoxy) is 1. The number of nitrogens with zero attached hydrogens (tertiary/aromatic N) is 1. The lowest BCUT2D eigenvalue weighted by molar-refractivity contribution is -0.122. The van der Waals surface area contributed by atoms with E-state index in [1.807, 2.05) is 26.0 Å². The Morgan fingerprint density at radius 1 is 1.33 bits per heavy atom. The molecule has 0 unspecified atom stereocenters. The van der Waals surface area contributed by atoms with Gasteiger partial charge in [-0.3, -0.25) is 4.79 Å². The van der Waals surface area contributed by atoms with Gasteiger partial charge in [-0.1, -0.05) is 18.5 Å². The van der Waals surface area contributed by atoms with Gasteiger partial charge in [0.25, 0.3) is 0 Å². The van der Waals surface area contributed by atoms with Crippen molar-refractivity contribution < 1.29 is 17.9 Å². The van der Waals surface area contributed by atoms with Gasteiger partial charge in [0.2, 0.25) is 15.9 Å². The highest BCUT2D eigenvalue weighted by molar-refractivity contribution is 7.89. The van der Waals surface area contributed by atoms with Crippen LogP contribution in [0.5, 0.6) is 5.75 Å². The van der Waals surface area contributed by atoms with Crippen molar-refractivity contribution in [3.63, 3.8) is 0 Å². The van der Waals surface area contributed by atoms with Gasteiger partial charge in [-0.2, -0.15) is 0 Å². The zero-order valence-corrected chi connectivity index (χ0v) is 17.6. The zero-order valence-electron chi connectivity index (χ0n) is 16.0. The topological polar surface area (TPSA) is 75.7 Å². The summed E-state index contributed by atoms with van der Waals surface area (Å²) in [4.78, 5) is 12.1. The van der Waals surface area contributed by atoms with Gasteiger partial charge in [0.15, 0.2) is 0 Å². The molecule has 0 saturated carbocycles. The first-order chi connectivity index (χ1) is 12.8. The van der Waals surface area contributed by atoms with Crippen molar-refractivity contribution in [2.45, 2.75) is 52.0 Å². The van der Waals surface area contributed by atoms with Crippen molar-refractivity contribution in [2.75, 3.05) is 25.4 Å². The number of sulfonamides is 1. The van der Waals surface area contributed by atoms with Crippen LogP contribution in [0.3, 0.4) is 0 Å². The molecule has 1 saturated heterocycles. The molecule has 1 fully saturated rings. The van der Waals surface area contributed by atoms with Crippen LogP contribution < -0.4 is 10.1 Å². The molecule has 0 atom stereocenters. The monoisotopic (exact) mass is 416 g/mol. The van der Waals surface area contributed by atoms with Crippen LogP contribution in [0.2, 0.25) is 5.02 Å². The van der Waals surface area contributed by atoms with E-state index in [9.17, 15) is 13.2 Å². The number of carbonyl (C=O) groups excluding carboxylic acids is 1. The van der Waals surface area contributed by atoms with Crippen molar-refractivity contribution in [1.29, 1.82) is 0 Å². The van der Waals surface area contributed by atoms with Gasteiger partial charge in [-0.25, -0.2) is 12.7 Å². The molecule has 0 radical (unpaired) electrons. The van der Waals surface area contributed by atoms with Crippen molar-refractivity contribution in [1.82, 2.24) is 9.62 Å². The predicted octanol–water partition coefficient (Wildman–Crippen LogP) is 3.13. The first kappa shape index (κ1) is 22.0. The molecule has 1 aliphatic rings. The van der Waals surface area contributed by atoms with Crippen LogP contribution in [-0.2, 0) is 14.8 Å². The lowest BCUT2D eigenvalue weighted by Crippen LogP contribution is -2.47. The third kappa shape index (κ3) is 6.97. The van der Waals surface area contributed by atoms with Crippen molar-refractivity contribution in [3.05, 3.63) is 28.8 Å². The minimum absolute atomic E-state index is 0.0127. The van der Waals surface area contributed by atoms with Gasteiger partial charge < -0.3 is 10.1 Å². The van der Waals surface area contributed by atoms with E-state index in [1.54, 1.807) is 10.4 Å².